The zero-order chi connectivity index (χ0) is 11.1. The Hall–Kier alpha value is -1.09. The first-order chi connectivity index (χ1) is 7.09. The molecule has 2 rings (SSSR count). The summed E-state index contributed by atoms with van der Waals surface area (Å²) < 4.78 is 13.2. The van der Waals surface area contributed by atoms with Crippen LogP contribution >= 0.6 is 0 Å². The molecule has 15 heavy (non-hydrogen) atoms. The number of benzene rings is 1. The van der Waals surface area contributed by atoms with E-state index in [9.17, 15) is 9.50 Å². The van der Waals surface area contributed by atoms with Gasteiger partial charge in [-0.3, -0.25) is 0 Å². The number of aliphatic hydroxyl groups is 1. The van der Waals surface area contributed by atoms with Gasteiger partial charge in [0.1, 0.15) is 5.82 Å². The maximum Gasteiger partial charge on any atom is 0.123 e. The highest BCUT2D eigenvalue weighted by Crippen LogP contribution is 2.50. The molecule has 2 nitrogen and oxygen atoms in total. The Morgan fingerprint density at radius 3 is 2.53 bits per heavy atom. The van der Waals surface area contributed by atoms with Gasteiger partial charge in [-0.1, -0.05) is 0 Å². The molecule has 1 aromatic rings. The van der Waals surface area contributed by atoms with Crippen molar-refractivity contribution in [3.8, 4) is 0 Å². The first-order valence-electron chi connectivity index (χ1n) is 5.17. The number of aliphatic hydroxyl groups excluding tert-OH is 1. The number of nitrogens with zero attached hydrogens (tertiary/aromatic N) is 1. The molecule has 0 unspecified atom stereocenters. The van der Waals surface area contributed by atoms with Crippen LogP contribution in [0.1, 0.15) is 18.4 Å². The second-order valence-corrected chi connectivity index (χ2v) is 4.49. The largest absolute Gasteiger partial charge is 0.395 e. The number of halogens is 1. The van der Waals surface area contributed by atoms with Crippen molar-refractivity contribution in [2.75, 3.05) is 25.6 Å². The van der Waals surface area contributed by atoms with Gasteiger partial charge in [-0.15, -0.1) is 0 Å². The molecule has 0 saturated heterocycles. The molecule has 1 N–H and O–H groups in total. The molecule has 0 radical (unpaired) electrons. The number of anilines is 1. The van der Waals surface area contributed by atoms with E-state index in [1.54, 1.807) is 12.1 Å². The van der Waals surface area contributed by atoms with E-state index in [-0.39, 0.29) is 17.8 Å². The lowest BCUT2D eigenvalue weighted by Crippen LogP contribution is -2.19. The minimum absolute atomic E-state index is 0.108. The average molecular weight is 209 g/mol. The first kappa shape index (κ1) is 10.4. The van der Waals surface area contributed by atoms with Crippen molar-refractivity contribution >= 4 is 5.69 Å². The Kier molecular flexibility index (Phi) is 2.43. The van der Waals surface area contributed by atoms with Crippen LogP contribution < -0.4 is 4.90 Å². The summed E-state index contributed by atoms with van der Waals surface area (Å²) in [5.41, 5.74) is 1.76. The maximum atomic E-state index is 13.2. The predicted octanol–water partition coefficient (Wildman–Crippen LogP) is 1.92. The highest BCUT2D eigenvalue weighted by molar-refractivity contribution is 5.58. The van der Waals surface area contributed by atoms with Crippen LogP contribution in [0.2, 0.25) is 0 Å². The lowest BCUT2D eigenvalue weighted by Gasteiger charge is -2.22. The van der Waals surface area contributed by atoms with E-state index in [4.69, 9.17) is 0 Å². The molecule has 1 aromatic carbocycles. The van der Waals surface area contributed by atoms with Crippen molar-refractivity contribution < 1.29 is 9.50 Å². The van der Waals surface area contributed by atoms with Crippen LogP contribution in [-0.4, -0.2) is 25.8 Å². The molecule has 3 heteroatoms. The van der Waals surface area contributed by atoms with Crippen LogP contribution in [0, 0.1) is 5.82 Å². The summed E-state index contributed by atoms with van der Waals surface area (Å²) in [6, 6.07) is 4.80. The summed E-state index contributed by atoms with van der Waals surface area (Å²) in [7, 11) is 3.87. The second-order valence-electron chi connectivity index (χ2n) is 4.49. The Labute approximate surface area is 89.3 Å². The van der Waals surface area contributed by atoms with Crippen molar-refractivity contribution in [1.29, 1.82) is 0 Å². The molecular formula is C12H16FNO. The number of hydrogen-bond donors (Lipinski definition) is 1. The molecule has 0 aromatic heterocycles. The molecule has 0 bridgehead atoms. The molecule has 0 heterocycles. The standard InChI is InChI=1S/C12H16FNO/c1-14(2)11-4-3-9(13)7-10(11)12(8-15)5-6-12/h3-4,7,15H,5-6,8H2,1-2H3. The molecule has 0 aliphatic heterocycles. The molecule has 0 spiro atoms. The van der Waals surface area contributed by atoms with E-state index in [0.29, 0.717) is 0 Å². The summed E-state index contributed by atoms with van der Waals surface area (Å²) in [6.07, 6.45) is 1.90. The molecular weight excluding hydrogens is 193 g/mol. The average Bonchev–Trinajstić information content (AvgIpc) is 2.97. The van der Waals surface area contributed by atoms with Gasteiger partial charge in [0.25, 0.3) is 0 Å². The smallest absolute Gasteiger partial charge is 0.123 e. The lowest BCUT2D eigenvalue weighted by atomic mass is 9.94. The Bertz CT molecular complexity index is 372. The molecule has 1 fully saturated rings. The van der Waals surface area contributed by atoms with Gasteiger partial charge in [0.15, 0.2) is 0 Å². The van der Waals surface area contributed by atoms with E-state index in [0.717, 1.165) is 24.1 Å². The molecule has 82 valence electrons. The third-order valence-corrected chi connectivity index (χ3v) is 3.17. The van der Waals surface area contributed by atoms with Gasteiger partial charge in [0, 0.05) is 25.2 Å². The Morgan fingerprint density at radius 1 is 1.40 bits per heavy atom. The van der Waals surface area contributed by atoms with Crippen LogP contribution in [0.25, 0.3) is 0 Å². The fourth-order valence-electron chi connectivity index (χ4n) is 1.99. The van der Waals surface area contributed by atoms with Crippen LogP contribution in [-0.2, 0) is 5.41 Å². The van der Waals surface area contributed by atoms with Crippen LogP contribution in [0.4, 0.5) is 10.1 Å². The van der Waals surface area contributed by atoms with Gasteiger partial charge in [0.2, 0.25) is 0 Å². The second kappa shape index (κ2) is 3.49. The fraction of sp³-hybridized carbons (Fsp3) is 0.500. The van der Waals surface area contributed by atoms with Crippen molar-refractivity contribution in [1.82, 2.24) is 0 Å². The van der Waals surface area contributed by atoms with Gasteiger partial charge in [0.05, 0.1) is 6.61 Å². The van der Waals surface area contributed by atoms with Crippen molar-refractivity contribution in [3.63, 3.8) is 0 Å². The Morgan fingerprint density at radius 2 is 2.07 bits per heavy atom. The summed E-state index contributed by atoms with van der Waals surface area (Å²) in [4.78, 5) is 1.96. The monoisotopic (exact) mass is 209 g/mol. The fourth-order valence-corrected chi connectivity index (χ4v) is 1.99. The number of rotatable bonds is 3. The molecule has 1 aliphatic carbocycles. The van der Waals surface area contributed by atoms with Crippen molar-refractivity contribution in [2.24, 2.45) is 0 Å². The summed E-state index contributed by atoms with van der Waals surface area (Å²) in [5, 5.41) is 9.37. The van der Waals surface area contributed by atoms with Gasteiger partial charge in [-0.2, -0.15) is 0 Å². The summed E-state index contributed by atoms with van der Waals surface area (Å²) in [6.45, 7) is 0.108. The van der Waals surface area contributed by atoms with E-state index >= 15 is 0 Å². The minimum Gasteiger partial charge on any atom is -0.395 e. The van der Waals surface area contributed by atoms with Gasteiger partial charge in [-0.05, 0) is 36.6 Å². The highest BCUT2D eigenvalue weighted by Gasteiger charge is 2.45. The quantitative estimate of drug-likeness (QED) is 0.822. The third kappa shape index (κ3) is 1.72. The Balaban J connectivity index is 2.48. The predicted molar refractivity (Wildman–Crippen MR) is 58.7 cm³/mol. The topological polar surface area (TPSA) is 23.5 Å². The third-order valence-electron chi connectivity index (χ3n) is 3.17. The first-order valence-corrected chi connectivity index (χ1v) is 5.17. The minimum atomic E-state index is -0.227. The molecule has 1 aliphatic rings. The lowest BCUT2D eigenvalue weighted by molar-refractivity contribution is 0.255. The molecule has 1 saturated carbocycles. The normalized spacial score (nSPS) is 17.6. The number of hydrogen-bond acceptors (Lipinski definition) is 2. The van der Waals surface area contributed by atoms with E-state index < -0.39 is 0 Å². The zero-order valence-electron chi connectivity index (χ0n) is 9.13. The zero-order valence-corrected chi connectivity index (χ0v) is 9.13. The molecule has 0 amide bonds. The van der Waals surface area contributed by atoms with Gasteiger partial charge < -0.3 is 10.0 Å². The van der Waals surface area contributed by atoms with Crippen LogP contribution in [0.15, 0.2) is 18.2 Å². The van der Waals surface area contributed by atoms with E-state index in [1.807, 2.05) is 19.0 Å². The van der Waals surface area contributed by atoms with E-state index in [2.05, 4.69) is 0 Å². The summed E-state index contributed by atoms with van der Waals surface area (Å²) in [5.74, 6) is -0.227. The molecule has 0 atom stereocenters. The van der Waals surface area contributed by atoms with Crippen molar-refractivity contribution in [3.05, 3.63) is 29.6 Å². The van der Waals surface area contributed by atoms with Gasteiger partial charge in [-0.25, -0.2) is 4.39 Å². The summed E-state index contributed by atoms with van der Waals surface area (Å²) >= 11 is 0. The SMILES string of the molecule is CN(C)c1ccc(F)cc1C1(CO)CC1. The maximum absolute atomic E-state index is 13.2. The van der Waals surface area contributed by atoms with Crippen LogP contribution in [0.3, 0.4) is 0 Å². The van der Waals surface area contributed by atoms with Crippen molar-refractivity contribution in [2.45, 2.75) is 18.3 Å². The van der Waals surface area contributed by atoms with Gasteiger partial charge >= 0.3 is 0 Å². The highest BCUT2D eigenvalue weighted by atomic mass is 19.1. The van der Waals surface area contributed by atoms with Crippen LogP contribution in [0.5, 0.6) is 0 Å². The van der Waals surface area contributed by atoms with E-state index in [1.165, 1.54) is 6.07 Å².